The van der Waals surface area contributed by atoms with Crippen LogP contribution in [0.25, 0.3) is 0 Å². The Morgan fingerprint density at radius 2 is 1.82 bits per heavy atom. The number of nitrogens with one attached hydrogen (secondary N) is 1. The molecule has 2 aromatic rings. The van der Waals surface area contributed by atoms with Crippen LogP contribution in [-0.2, 0) is 26.0 Å². The summed E-state index contributed by atoms with van der Waals surface area (Å²) in [6.07, 6.45) is 1.90. The fourth-order valence-corrected chi connectivity index (χ4v) is 6.41. The quantitative estimate of drug-likeness (QED) is 0.741. The van der Waals surface area contributed by atoms with Gasteiger partial charge >= 0.3 is 0 Å². The molecular weight excluding hydrogens is 438 g/mol. The Bertz CT molecular complexity index is 1210. The van der Waals surface area contributed by atoms with Gasteiger partial charge in [0.2, 0.25) is 21.8 Å². The maximum atomic E-state index is 13.4. The number of hydrogen-bond donors (Lipinski definition) is 1. The van der Waals surface area contributed by atoms with Crippen molar-refractivity contribution in [1.29, 1.82) is 0 Å². The van der Waals surface area contributed by atoms with E-state index in [0.29, 0.717) is 25.8 Å². The largest absolute Gasteiger partial charge is 0.326 e. The second-order valence-corrected chi connectivity index (χ2v) is 11.2. The highest BCUT2D eigenvalue weighted by molar-refractivity contribution is 7.89. The van der Waals surface area contributed by atoms with E-state index < -0.39 is 15.9 Å². The lowest BCUT2D eigenvalue weighted by Crippen LogP contribution is -2.43. The first kappa shape index (κ1) is 23.4. The maximum absolute atomic E-state index is 13.4. The second-order valence-electron chi connectivity index (χ2n) is 9.22. The van der Waals surface area contributed by atoms with Gasteiger partial charge in [-0.3, -0.25) is 9.59 Å². The molecule has 33 heavy (non-hydrogen) atoms. The zero-order valence-corrected chi connectivity index (χ0v) is 20.4. The number of benzene rings is 2. The lowest BCUT2D eigenvalue weighted by atomic mass is 9.98. The second kappa shape index (κ2) is 8.91. The van der Waals surface area contributed by atoms with Gasteiger partial charge in [0.1, 0.15) is 0 Å². The minimum atomic E-state index is -3.74. The van der Waals surface area contributed by atoms with Crippen LogP contribution < -0.4 is 10.2 Å². The first-order valence-electron chi connectivity index (χ1n) is 11.4. The summed E-state index contributed by atoms with van der Waals surface area (Å²) in [7, 11) is -3.74. The third-order valence-electron chi connectivity index (χ3n) is 6.77. The molecule has 0 bridgehead atoms. The Morgan fingerprint density at radius 1 is 1.06 bits per heavy atom. The van der Waals surface area contributed by atoms with Crippen LogP contribution in [0.2, 0.25) is 0 Å². The van der Waals surface area contributed by atoms with Crippen molar-refractivity contribution in [1.82, 2.24) is 4.31 Å². The summed E-state index contributed by atoms with van der Waals surface area (Å²) in [6, 6.07) is 10.7. The van der Waals surface area contributed by atoms with Crippen LogP contribution in [-0.4, -0.2) is 43.7 Å². The maximum Gasteiger partial charge on any atom is 0.243 e. The van der Waals surface area contributed by atoms with Crippen molar-refractivity contribution in [2.75, 3.05) is 23.3 Å². The zero-order valence-electron chi connectivity index (χ0n) is 19.6. The lowest BCUT2D eigenvalue weighted by Gasteiger charge is -2.31. The van der Waals surface area contributed by atoms with Gasteiger partial charge in [-0.1, -0.05) is 6.07 Å². The Balaban J connectivity index is 1.51. The van der Waals surface area contributed by atoms with Crippen molar-refractivity contribution in [3.05, 3.63) is 53.1 Å². The summed E-state index contributed by atoms with van der Waals surface area (Å²) in [6.45, 7) is 8.04. The van der Waals surface area contributed by atoms with Crippen molar-refractivity contribution in [3.63, 3.8) is 0 Å². The summed E-state index contributed by atoms with van der Waals surface area (Å²) in [5.41, 5.74) is 4.61. The van der Waals surface area contributed by atoms with Gasteiger partial charge < -0.3 is 10.2 Å². The first-order chi connectivity index (χ1) is 15.6. The molecule has 2 aromatic carbocycles. The number of aryl methyl sites for hydroxylation is 2. The summed E-state index contributed by atoms with van der Waals surface area (Å²) >= 11 is 0. The number of hydrogen-bond acceptors (Lipinski definition) is 4. The topological polar surface area (TPSA) is 86.8 Å². The molecule has 0 unspecified atom stereocenters. The van der Waals surface area contributed by atoms with E-state index in [2.05, 4.69) is 5.32 Å². The first-order valence-corrected chi connectivity index (χ1v) is 12.8. The summed E-state index contributed by atoms with van der Waals surface area (Å²) < 4.78 is 28.2. The van der Waals surface area contributed by atoms with E-state index in [9.17, 15) is 18.0 Å². The van der Waals surface area contributed by atoms with Crippen LogP contribution in [0.1, 0.15) is 43.4 Å². The molecular formula is C25H31N3O4S. The molecule has 2 heterocycles. The average Bonchev–Trinajstić information content (AvgIpc) is 3.11. The van der Waals surface area contributed by atoms with E-state index in [1.54, 1.807) is 23.1 Å². The lowest BCUT2D eigenvalue weighted by molar-refractivity contribution is -0.121. The summed E-state index contributed by atoms with van der Waals surface area (Å²) in [5, 5.41) is 2.95. The van der Waals surface area contributed by atoms with Crippen molar-refractivity contribution in [2.24, 2.45) is 5.92 Å². The molecule has 2 aliphatic heterocycles. The zero-order chi connectivity index (χ0) is 23.9. The Hall–Kier alpha value is -2.71. The molecule has 8 heteroatoms. The highest BCUT2D eigenvalue weighted by Crippen LogP contribution is 2.35. The van der Waals surface area contributed by atoms with Crippen LogP contribution in [0.3, 0.4) is 0 Å². The highest BCUT2D eigenvalue weighted by atomic mass is 32.2. The van der Waals surface area contributed by atoms with Gasteiger partial charge in [0, 0.05) is 37.4 Å². The van der Waals surface area contributed by atoms with Gasteiger partial charge in [-0.15, -0.1) is 0 Å². The number of rotatable bonds is 4. The van der Waals surface area contributed by atoms with Crippen molar-refractivity contribution in [2.45, 2.75) is 57.9 Å². The van der Waals surface area contributed by atoms with Gasteiger partial charge in [0.15, 0.2) is 0 Å². The van der Waals surface area contributed by atoms with Gasteiger partial charge in [-0.25, -0.2) is 8.42 Å². The number of fused-ring (bicyclic) bond motifs is 1. The molecule has 0 spiro atoms. The molecule has 176 valence electrons. The standard InChI is InChI=1S/C25H31N3O4S/c1-16-7-8-22(12-17(16)2)26-25(30)20-6-5-11-27(15-20)33(31,32)23-9-10-24-21(14-23)13-18(3)28(24)19(4)29/h7-10,12,14,18,20H,5-6,11,13,15H2,1-4H3,(H,26,30)/t18-,20+/m1/s1. The highest BCUT2D eigenvalue weighted by Gasteiger charge is 2.35. The molecule has 2 aliphatic rings. The van der Waals surface area contributed by atoms with Crippen molar-refractivity contribution >= 4 is 33.2 Å². The van der Waals surface area contributed by atoms with Crippen molar-refractivity contribution in [3.8, 4) is 0 Å². The molecule has 1 saturated heterocycles. The molecule has 2 amide bonds. The fraction of sp³-hybridized carbons (Fsp3) is 0.440. The molecule has 0 aromatic heterocycles. The SMILES string of the molecule is CC(=O)N1c2ccc(S(=O)(=O)N3CCC[C@H](C(=O)Nc4ccc(C)c(C)c4)C3)cc2C[C@H]1C. The molecule has 4 rings (SSSR count). The van der Waals surface area contributed by atoms with Crippen LogP contribution in [0.4, 0.5) is 11.4 Å². The van der Waals surface area contributed by atoms with Gasteiger partial charge in [-0.2, -0.15) is 4.31 Å². The molecule has 1 fully saturated rings. The normalized spacial score (nSPS) is 21.0. The molecule has 0 aliphatic carbocycles. The van der Waals surface area contributed by atoms with Crippen LogP contribution in [0.5, 0.6) is 0 Å². The fourth-order valence-electron chi connectivity index (χ4n) is 4.84. The summed E-state index contributed by atoms with van der Waals surface area (Å²) in [5.74, 6) is -0.610. The van der Waals surface area contributed by atoms with Crippen LogP contribution >= 0.6 is 0 Å². The third-order valence-corrected chi connectivity index (χ3v) is 8.63. The van der Waals surface area contributed by atoms with Crippen molar-refractivity contribution < 1.29 is 18.0 Å². The number of anilines is 2. The Kier molecular flexibility index (Phi) is 6.33. The number of carbonyl (C=O) groups is 2. The molecule has 7 nitrogen and oxygen atoms in total. The van der Waals surface area contributed by atoms with E-state index in [4.69, 9.17) is 0 Å². The number of sulfonamides is 1. The van der Waals surface area contributed by atoms with E-state index in [1.165, 1.54) is 11.2 Å². The molecule has 0 saturated carbocycles. The average molecular weight is 470 g/mol. The summed E-state index contributed by atoms with van der Waals surface area (Å²) in [4.78, 5) is 26.8. The minimum absolute atomic E-state index is 0.00364. The van der Waals surface area contributed by atoms with Gasteiger partial charge in [0.05, 0.1) is 10.8 Å². The van der Waals surface area contributed by atoms with E-state index in [-0.39, 0.29) is 29.3 Å². The van der Waals surface area contributed by atoms with Crippen LogP contribution in [0, 0.1) is 19.8 Å². The minimum Gasteiger partial charge on any atom is -0.326 e. The van der Waals surface area contributed by atoms with Gasteiger partial charge in [-0.05, 0) is 87.1 Å². The molecule has 1 N–H and O–H groups in total. The Morgan fingerprint density at radius 3 is 2.52 bits per heavy atom. The van der Waals surface area contributed by atoms with E-state index >= 15 is 0 Å². The Labute approximate surface area is 195 Å². The number of nitrogens with zero attached hydrogens (tertiary/aromatic N) is 2. The molecule has 2 atom stereocenters. The molecule has 0 radical (unpaired) electrons. The monoisotopic (exact) mass is 469 g/mol. The predicted molar refractivity (Wildman–Crippen MR) is 129 cm³/mol. The number of piperidine rings is 1. The smallest absolute Gasteiger partial charge is 0.243 e. The van der Waals surface area contributed by atoms with Crippen LogP contribution in [0.15, 0.2) is 41.3 Å². The van der Waals surface area contributed by atoms with E-state index in [1.807, 2.05) is 39.0 Å². The third kappa shape index (κ3) is 4.54. The number of carbonyl (C=O) groups excluding carboxylic acids is 2. The number of amides is 2. The van der Waals surface area contributed by atoms with Gasteiger partial charge in [0.25, 0.3) is 0 Å². The predicted octanol–water partition coefficient (Wildman–Crippen LogP) is 3.64. The van der Waals surface area contributed by atoms with E-state index in [0.717, 1.165) is 28.1 Å².